The van der Waals surface area contributed by atoms with Crippen molar-refractivity contribution in [2.75, 3.05) is 32.9 Å². The highest BCUT2D eigenvalue weighted by atomic mass is 35.5. The fraction of sp³-hybridized carbons (Fsp3) is 0.615. The molecule has 1 N–H and O–H groups in total. The molecular weight excluding hydrogens is 362 g/mol. The lowest BCUT2D eigenvalue weighted by atomic mass is 10.00. The van der Waals surface area contributed by atoms with Crippen molar-refractivity contribution in [1.29, 1.82) is 0 Å². The van der Waals surface area contributed by atoms with Crippen molar-refractivity contribution in [2.45, 2.75) is 22.8 Å². The van der Waals surface area contributed by atoms with E-state index in [1.807, 2.05) is 7.05 Å². The van der Waals surface area contributed by atoms with Crippen LogP contribution in [0.15, 0.2) is 28.3 Å². The van der Waals surface area contributed by atoms with Gasteiger partial charge >= 0.3 is 0 Å². The molecule has 0 spiro atoms. The quantitative estimate of drug-likeness (QED) is 0.796. The summed E-state index contributed by atoms with van der Waals surface area (Å²) in [6.07, 6.45) is 3.97. The number of sulfone groups is 1. The van der Waals surface area contributed by atoms with Crippen molar-refractivity contribution in [2.24, 2.45) is 5.92 Å². The minimum atomic E-state index is -3.63. The molecule has 7 nitrogen and oxygen atoms in total. The molecular formula is C13H22ClN3O4S2. The van der Waals surface area contributed by atoms with E-state index in [2.05, 4.69) is 10.3 Å². The molecule has 1 aliphatic rings. The van der Waals surface area contributed by atoms with Crippen LogP contribution in [0.5, 0.6) is 0 Å². The third kappa shape index (κ3) is 4.87. The van der Waals surface area contributed by atoms with Gasteiger partial charge in [-0.2, -0.15) is 4.31 Å². The average Bonchev–Trinajstić information content (AvgIpc) is 2.47. The van der Waals surface area contributed by atoms with E-state index in [1.54, 1.807) is 0 Å². The van der Waals surface area contributed by atoms with E-state index in [9.17, 15) is 16.8 Å². The lowest BCUT2D eigenvalue weighted by molar-refractivity contribution is 0.263. The van der Waals surface area contributed by atoms with Gasteiger partial charge in [0.25, 0.3) is 0 Å². The summed E-state index contributed by atoms with van der Waals surface area (Å²) in [7, 11) is -5.21. The highest BCUT2D eigenvalue weighted by Crippen LogP contribution is 2.23. The second kappa shape index (κ2) is 7.89. The van der Waals surface area contributed by atoms with Gasteiger partial charge in [0, 0.05) is 25.5 Å². The normalized spacial score (nSPS) is 20.0. The first kappa shape index (κ1) is 20.3. The number of piperidine rings is 1. The zero-order chi connectivity index (χ0) is 16.4. The van der Waals surface area contributed by atoms with Crippen LogP contribution in [0, 0.1) is 5.92 Å². The molecule has 1 atom stereocenters. The number of rotatable bonds is 5. The van der Waals surface area contributed by atoms with Gasteiger partial charge in [0.1, 0.15) is 4.90 Å². The van der Waals surface area contributed by atoms with Gasteiger partial charge in [-0.25, -0.2) is 21.8 Å². The summed E-state index contributed by atoms with van der Waals surface area (Å²) in [5.74, 6) is 0.289. The fourth-order valence-corrected chi connectivity index (χ4v) is 4.65. The van der Waals surface area contributed by atoms with Gasteiger partial charge in [-0.3, -0.25) is 0 Å². The van der Waals surface area contributed by atoms with E-state index in [0.29, 0.717) is 13.1 Å². The summed E-state index contributed by atoms with van der Waals surface area (Å²) in [6.45, 7) is 1.73. The van der Waals surface area contributed by atoms with Gasteiger partial charge in [-0.05, 0) is 44.5 Å². The molecule has 1 aromatic rings. The van der Waals surface area contributed by atoms with Gasteiger partial charge in [0.2, 0.25) is 10.0 Å². The first-order valence-electron chi connectivity index (χ1n) is 7.06. The maximum Gasteiger partial charge on any atom is 0.244 e. The maximum atomic E-state index is 12.6. The molecule has 132 valence electrons. The third-order valence-corrected chi connectivity index (χ3v) is 6.55. The van der Waals surface area contributed by atoms with Gasteiger partial charge < -0.3 is 5.32 Å². The molecule has 23 heavy (non-hydrogen) atoms. The van der Waals surface area contributed by atoms with Crippen LogP contribution < -0.4 is 5.32 Å². The molecule has 0 bridgehead atoms. The molecule has 0 radical (unpaired) electrons. The van der Waals surface area contributed by atoms with Gasteiger partial charge in [-0.1, -0.05) is 0 Å². The predicted octanol–water partition coefficient (Wildman–Crippen LogP) is 0.527. The third-order valence-electron chi connectivity index (χ3n) is 3.70. The number of hydrogen-bond acceptors (Lipinski definition) is 6. The van der Waals surface area contributed by atoms with Crippen molar-refractivity contribution >= 4 is 32.3 Å². The molecule has 1 fully saturated rings. The van der Waals surface area contributed by atoms with E-state index in [0.717, 1.165) is 31.8 Å². The number of sulfonamides is 1. The second-order valence-corrected chi connectivity index (χ2v) is 9.43. The summed E-state index contributed by atoms with van der Waals surface area (Å²) >= 11 is 0. The lowest BCUT2D eigenvalue weighted by Gasteiger charge is -2.31. The monoisotopic (exact) mass is 383 g/mol. The van der Waals surface area contributed by atoms with E-state index in [-0.39, 0.29) is 28.2 Å². The van der Waals surface area contributed by atoms with Crippen LogP contribution in [0.2, 0.25) is 0 Å². The molecule has 0 saturated carbocycles. The summed E-state index contributed by atoms with van der Waals surface area (Å²) in [4.78, 5) is 3.79. The number of pyridine rings is 1. The fourth-order valence-electron chi connectivity index (χ4n) is 2.59. The molecule has 1 saturated heterocycles. The molecule has 0 amide bonds. The standard InChI is InChI=1S/C13H21N3O4S2.ClH/c1-14-8-11-4-3-7-16(10-11)22(19,20)12-5-6-13(15-9-12)21(2,17)18;/h5-6,9,11,14H,3-4,7-8,10H2,1-2H3;1H. The van der Waals surface area contributed by atoms with Crippen molar-refractivity contribution in [3.8, 4) is 0 Å². The molecule has 1 unspecified atom stereocenters. The number of aromatic nitrogens is 1. The Morgan fingerprint density at radius 3 is 2.52 bits per heavy atom. The minimum absolute atomic E-state index is 0. The average molecular weight is 384 g/mol. The van der Waals surface area contributed by atoms with Crippen molar-refractivity contribution in [3.63, 3.8) is 0 Å². The van der Waals surface area contributed by atoms with Crippen LogP contribution in [0.1, 0.15) is 12.8 Å². The highest BCUT2D eigenvalue weighted by Gasteiger charge is 2.30. The smallest absolute Gasteiger partial charge is 0.244 e. The van der Waals surface area contributed by atoms with Crippen LogP contribution in [0.25, 0.3) is 0 Å². The number of halogens is 1. The predicted molar refractivity (Wildman–Crippen MR) is 90.0 cm³/mol. The van der Waals surface area contributed by atoms with Crippen LogP contribution in [-0.2, 0) is 19.9 Å². The van der Waals surface area contributed by atoms with Crippen molar-refractivity contribution < 1.29 is 16.8 Å². The van der Waals surface area contributed by atoms with Gasteiger partial charge in [0.15, 0.2) is 14.9 Å². The molecule has 1 aliphatic heterocycles. The maximum absolute atomic E-state index is 12.6. The van der Waals surface area contributed by atoms with Crippen LogP contribution in [0.4, 0.5) is 0 Å². The van der Waals surface area contributed by atoms with E-state index < -0.39 is 19.9 Å². The number of hydrogen-bond donors (Lipinski definition) is 1. The summed E-state index contributed by atoms with van der Waals surface area (Å²) in [5, 5.41) is 2.95. The van der Waals surface area contributed by atoms with Crippen LogP contribution in [-0.4, -0.2) is 59.1 Å². The van der Waals surface area contributed by atoms with Crippen molar-refractivity contribution in [1.82, 2.24) is 14.6 Å². The topological polar surface area (TPSA) is 96.4 Å². The Morgan fingerprint density at radius 1 is 1.30 bits per heavy atom. The largest absolute Gasteiger partial charge is 0.319 e. The Hall–Kier alpha value is -0.740. The zero-order valence-electron chi connectivity index (χ0n) is 13.1. The Bertz CT molecular complexity index is 718. The number of nitrogens with zero attached hydrogens (tertiary/aromatic N) is 2. The van der Waals surface area contributed by atoms with E-state index in [4.69, 9.17) is 0 Å². The first-order valence-corrected chi connectivity index (χ1v) is 10.4. The Kier molecular flexibility index (Phi) is 6.96. The van der Waals surface area contributed by atoms with Crippen LogP contribution >= 0.6 is 12.4 Å². The second-order valence-electron chi connectivity index (χ2n) is 5.53. The molecule has 0 aromatic carbocycles. The van der Waals surface area contributed by atoms with E-state index in [1.165, 1.54) is 16.4 Å². The van der Waals surface area contributed by atoms with E-state index >= 15 is 0 Å². The molecule has 0 aliphatic carbocycles. The lowest BCUT2D eigenvalue weighted by Crippen LogP contribution is -2.42. The zero-order valence-corrected chi connectivity index (χ0v) is 15.5. The minimum Gasteiger partial charge on any atom is -0.319 e. The Balaban J connectivity index is 0.00000264. The number of nitrogens with one attached hydrogen (secondary N) is 1. The highest BCUT2D eigenvalue weighted by molar-refractivity contribution is 7.90. The molecule has 2 rings (SSSR count). The van der Waals surface area contributed by atoms with Gasteiger partial charge in [-0.15, -0.1) is 12.4 Å². The Morgan fingerprint density at radius 2 is 2.00 bits per heavy atom. The summed E-state index contributed by atoms with van der Waals surface area (Å²) in [6, 6.07) is 2.54. The molecule has 2 heterocycles. The van der Waals surface area contributed by atoms with Crippen LogP contribution in [0.3, 0.4) is 0 Å². The Labute approximate surface area is 143 Å². The SMILES string of the molecule is CNCC1CCCN(S(=O)(=O)c2ccc(S(C)(=O)=O)nc2)C1.Cl. The summed E-state index contributed by atoms with van der Waals surface area (Å²) < 4.78 is 49.4. The summed E-state index contributed by atoms with van der Waals surface area (Å²) in [5.41, 5.74) is 0. The molecule has 1 aromatic heterocycles. The van der Waals surface area contributed by atoms with Crippen molar-refractivity contribution in [3.05, 3.63) is 18.3 Å². The molecule has 10 heteroatoms. The van der Waals surface area contributed by atoms with Gasteiger partial charge in [0.05, 0.1) is 0 Å². The first-order chi connectivity index (χ1) is 10.2.